The van der Waals surface area contributed by atoms with Crippen LogP contribution in [0.2, 0.25) is 0 Å². The summed E-state index contributed by atoms with van der Waals surface area (Å²) in [7, 11) is 0. The summed E-state index contributed by atoms with van der Waals surface area (Å²) in [5.41, 5.74) is 7.12. The van der Waals surface area contributed by atoms with Gasteiger partial charge in [0.1, 0.15) is 0 Å². The maximum atomic E-state index is 12.5. The highest BCUT2D eigenvalue weighted by Gasteiger charge is 2.34. The molecular weight excluding hydrogens is 598 g/mol. The Labute approximate surface area is 284 Å². The first-order chi connectivity index (χ1) is 23.6. The van der Waals surface area contributed by atoms with Crippen molar-refractivity contribution in [2.24, 2.45) is 0 Å². The van der Waals surface area contributed by atoms with E-state index in [9.17, 15) is 9.90 Å². The van der Waals surface area contributed by atoms with Crippen molar-refractivity contribution in [3.8, 4) is 11.1 Å². The molecule has 1 aliphatic heterocycles. The number of rotatable bonds is 13. The Balaban J connectivity index is 1.16. The normalized spacial score (nSPS) is 19.7. The van der Waals surface area contributed by atoms with E-state index >= 15 is 0 Å². The zero-order valence-electron chi connectivity index (χ0n) is 27.6. The number of ether oxygens (including phenoxy) is 2. The molecule has 2 aliphatic rings. The molecule has 3 N–H and O–H groups in total. The Bertz CT molecular complexity index is 1620. The third kappa shape index (κ3) is 8.99. The summed E-state index contributed by atoms with van der Waals surface area (Å²) in [6, 6.07) is 34.9. The monoisotopic (exact) mass is 645 g/mol. The number of hydrogen-bond donors (Lipinski definition) is 3. The van der Waals surface area contributed by atoms with Crippen molar-refractivity contribution in [3.05, 3.63) is 144 Å². The molecule has 0 unspecified atom stereocenters. The predicted octanol–water partition coefficient (Wildman–Crippen LogP) is 7.82. The van der Waals surface area contributed by atoms with Crippen LogP contribution in [0, 0.1) is 0 Å². The van der Waals surface area contributed by atoms with E-state index in [0.29, 0.717) is 19.1 Å². The van der Waals surface area contributed by atoms with E-state index in [2.05, 4.69) is 70.6 Å². The average molecular weight is 646 g/mol. The van der Waals surface area contributed by atoms with Crippen LogP contribution in [0.4, 0.5) is 4.79 Å². The van der Waals surface area contributed by atoms with Gasteiger partial charge in [-0.05, 0) is 58.4 Å². The highest BCUT2D eigenvalue weighted by atomic mass is 16.7. The van der Waals surface area contributed by atoms with Gasteiger partial charge in [0.25, 0.3) is 0 Å². The van der Waals surface area contributed by atoms with Gasteiger partial charge < -0.3 is 25.2 Å². The van der Waals surface area contributed by atoms with Crippen molar-refractivity contribution in [2.75, 3.05) is 13.1 Å². The van der Waals surface area contributed by atoms with E-state index in [-0.39, 0.29) is 24.8 Å². The highest BCUT2D eigenvalue weighted by Crippen LogP contribution is 2.39. The lowest BCUT2D eigenvalue weighted by Gasteiger charge is -2.39. The smallest absolute Gasteiger partial charge is 0.315 e. The predicted molar refractivity (Wildman–Crippen MR) is 190 cm³/mol. The van der Waals surface area contributed by atoms with Crippen molar-refractivity contribution in [3.63, 3.8) is 0 Å². The van der Waals surface area contributed by atoms with Crippen LogP contribution in [-0.2, 0) is 29.2 Å². The number of hydrogen-bond acceptors (Lipinski definition) is 5. The Kier molecular flexibility index (Phi) is 11.7. The lowest BCUT2D eigenvalue weighted by Crippen LogP contribution is -2.43. The quantitative estimate of drug-likeness (QED) is 0.129. The van der Waals surface area contributed by atoms with E-state index in [1.807, 2.05) is 60.7 Å². The molecule has 0 bridgehead atoms. The summed E-state index contributed by atoms with van der Waals surface area (Å²) in [4.78, 5) is 15.0. The molecule has 1 saturated carbocycles. The standard InChI is InChI=1S/C41H47N3O4/c1-2-22-44(37-16-6-7-17-37)28-38-25-39(33-20-18-31(29-45)19-21-33)48-40(47-38)36-15-9-14-35(24-36)34-13-8-12-32(23-34)27-43-41(46)42-26-30-10-4-3-5-11-30/h2-5,8-15,18-21,23-24,37-40,45H,1,6-7,16-17,22,25-29H2,(H2,42,43,46)/t38-,39+,40+/m1/s1. The molecule has 4 aromatic carbocycles. The van der Waals surface area contributed by atoms with Gasteiger partial charge in [-0.1, -0.05) is 110 Å². The number of urea groups is 1. The summed E-state index contributed by atoms with van der Waals surface area (Å²) in [6.45, 7) is 6.63. The van der Waals surface area contributed by atoms with Gasteiger partial charge in [0.05, 0.1) is 18.8 Å². The Hall–Kier alpha value is -4.27. The number of nitrogens with zero attached hydrogens (tertiary/aromatic N) is 1. The molecule has 2 amide bonds. The molecule has 1 heterocycles. The number of amides is 2. The maximum Gasteiger partial charge on any atom is 0.315 e. The van der Waals surface area contributed by atoms with Crippen LogP contribution in [0.5, 0.6) is 0 Å². The van der Waals surface area contributed by atoms with Crippen LogP contribution in [0.3, 0.4) is 0 Å². The van der Waals surface area contributed by atoms with Crippen LogP contribution in [0.15, 0.2) is 116 Å². The fourth-order valence-corrected chi connectivity index (χ4v) is 6.85. The molecule has 0 spiro atoms. The van der Waals surface area contributed by atoms with Crippen molar-refractivity contribution in [1.29, 1.82) is 0 Å². The van der Waals surface area contributed by atoms with Crippen LogP contribution < -0.4 is 10.6 Å². The van der Waals surface area contributed by atoms with Gasteiger partial charge in [-0.25, -0.2) is 4.79 Å². The van der Waals surface area contributed by atoms with Crippen molar-refractivity contribution in [2.45, 2.75) is 76.3 Å². The first kappa shape index (κ1) is 33.6. The number of aliphatic hydroxyl groups is 1. The Morgan fingerprint density at radius 1 is 0.792 bits per heavy atom. The second-order valence-corrected chi connectivity index (χ2v) is 12.9. The second-order valence-electron chi connectivity index (χ2n) is 12.9. The van der Waals surface area contributed by atoms with Gasteiger partial charge >= 0.3 is 6.03 Å². The summed E-state index contributed by atoms with van der Waals surface area (Å²) in [5.74, 6) is 0. The number of aliphatic hydroxyl groups excluding tert-OH is 1. The molecule has 7 heteroatoms. The summed E-state index contributed by atoms with van der Waals surface area (Å²) >= 11 is 0. The molecule has 48 heavy (non-hydrogen) atoms. The largest absolute Gasteiger partial charge is 0.392 e. The van der Waals surface area contributed by atoms with E-state index in [1.54, 1.807) is 0 Å². The van der Waals surface area contributed by atoms with Crippen LogP contribution in [0.1, 0.15) is 72.3 Å². The number of benzene rings is 4. The maximum absolute atomic E-state index is 12.5. The number of carbonyl (C=O) groups is 1. The van der Waals surface area contributed by atoms with Crippen LogP contribution in [0.25, 0.3) is 11.1 Å². The topological polar surface area (TPSA) is 83.1 Å². The zero-order valence-corrected chi connectivity index (χ0v) is 27.6. The molecule has 1 aliphatic carbocycles. The summed E-state index contributed by atoms with van der Waals surface area (Å²) in [6.07, 6.45) is 7.08. The van der Waals surface area contributed by atoms with Gasteiger partial charge in [-0.3, -0.25) is 4.90 Å². The fourth-order valence-electron chi connectivity index (χ4n) is 6.85. The molecular formula is C41H47N3O4. The van der Waals surface area contributed by atoms with Gasteiger partial charge in [0.2, 0.25) is 0 Å². The number of nitrogens with one attached hydrogen (secondary N) is 2. The van der Waals surface area contributed by atoms with E-state index in [1.165, 1.54) is 25.7 Å². The Morgan fingerprint density at radius 2 is 1.48 bits per heavy atom. The molecule has 7 nitrogen and oxygen atoms in total. The molecule has 1 saturated heterocycles. The molecule has 0 radical (unpaired) electrons. The molecule has 4 aromatic rings. The first-order valence-corrected chi connectivity index (χ1v) is 17.2. The minimum Gasteiger partial charge on any atom is -0.392 e. The van der Waals surface area contributed by atoms with Gasteiger partial charge in [-0.15, -0.1) is 6.58 Å². The van der Waals surface area contributed by atoms with Crippen LogP contribution >= 0.6 is 0 Å². The minimum atomic E-state index is -0.529. The van der Waals surface area contributed by atoms with E-state index in [0.717, 1.165) is 58.5 Å². The Morgan fingerprint density at radius 3 is 2.21 bits per heavy atom. The van der Waals surface area contributed by atoms with E-state index < -0.39 is 6.29 Å². The second kappa shape index (κ2) is 16.7. The van der Waals surface area contributed by atoms with Crippen LogP contribution in [-0.4, -0.2) is 41.3 Å². The summed E-state index contributed by atoms with van der Waals surface area (Å²) in [5, 5.41) is 15.5. The molecule has 250 valence electrons. The number of carbonyl (C=O) groups excluding carboxylic acids is 1. The van der Waals surface area contributed by atoms with Gasteiger partial charge in [0.15, 0.2) is 6.29 Å². The lowest BCUT2D eigenvalue weighted by atomic mass is 9.98. The van der Waals surface area contributed by atoms with E-state index in [4.69, 9.17) is 9.47 Å². The minimum absolute atomic E-state index is 0.0158. The van der Waals surface area contributed by atoms with Gasteiger partial charge in [-0.2, -0.15) is 0 Å². The van der Waals surface area contributed by atoms with Crippen molar-refractivity contribution >= 4 is 6.03 Å². The molecule has 0 aromatic heterocycles. The molecule has 2 fully saturated rings. The summed E-state index contributed by atoms with van der Waals surface area (Å²) < 4.78 is 13.4. The fraction of sp³-hybridized carbons (Fsp3) is 0.341. The lowest BCUT2D eigenvalue weighted by molar-refractivity contribution is -0.253. The third-order valence-electron chi connectivity index (χ3n) is 9.43. The van der Waals surface area contributed by atoms with Crippen molar-refractivity contribution < 1.29 is 19.4 Å². The molecule has 6 rings (SSSR count). The molecule has 3 atom stereocenters. The van der Waals surface area contributed by atoms with Crippen molar-refractivity contribution in [1.82, 2.24) is 15.5 Å². The highest BCUT2D eigenvalue weighted by molar-refractivity contribution is 5.74. The first-order valence-electron chi connectivity index (χ1n) is 17.2. The SMILES string of the molecule is C=CCN(C[C@H]1C[C@@H](c2ccc(CO)cc2)O[C@@H](c2cccc(-c3cccc(CNC(=O)NCc4ccccc4)c3)c2)O1)C1CCCC1. The van der Waals surface area contributed by atoms with Gasteiger partial charge in [0, 0.05) is 44.2 Å². The third-order valence-corrected chi connectivity index (χ3v) is 9.43. The zero-order chi connectivity index (χ0) is 33.1. The average Bonchev–Trinajstić information content (AvgIpc) is 3.69.